The van der Waals surface area contributed by atoms with Gasteiger partial charge in [0, 0.05) is 37.8 Å². The second kappa shape index (κ2) is 8.48. The average molecular weight is 451 g/mol. The lowest BCUT2D eigenvalue weighted by atomic mass is 10.1. The SMILES string of the molecule is CS(=O)(=O)CCN1CCn2c(=O)c(C(=O)NCc3ccc(C#N)cc3)cc3cccc1c32. The van der Waals surface area contributed by atoms with Gasteiger partial charge in [-0.25, -0.2) is 8.42 Å². The lowest BCUT2D eigenvalue weighted by Gasteiger charge is -2.32. The molecule has 0 saturated heterocycles. The highest BCUT2D eigenvalue weighted by atomic mass is 32.2. The van der Waals surface area contributed by atoms with E-state index in [-0.39, 0.29) is 23.4 Å². The smallest absolute Gasteiger partial charge is 0.264 e. The fourth-order valence-corrected chi connectivity index (χ4v) is 4.43. The second-order valence-electron chi connectivity index (χ2n) is 7.84. The van der Waals surface area contributed by atoms with E-state index >= 15 is 0 Å². The molecule has 0 fully saturated rings. The van der Waals surface area contributed by atoms with Crippen molar-refractivity contribution in [2.75, 3.05) is 30.0 Å². The molecule has 0 bridgehead atoms. The second-order valence-corrected chi connectivity index (χ2v) is 10.1. The molecule has 0 radical (unpaired) electrons. The van der Waals surface area contributed by atoms with Gasteiger partial charge in [0.2, 0.25) is 0 Å². The van der Waals surface area contributed by atoms with Crippen molar-refractivity contribution in [2.45, 2.75) is 13.1 Å². The summed E-state index contributed by atoms with van der Waals surface area (Å²) >= 11 is 0. The summed E-state index contributed by atoms with van der Waals surface area (Å²) in [5.41, 5.74) is 2.55. The van der Waals surface area contributed by atoms with Crippen molar-refractivity contribution in [3.8, 4) is 6.07 Å². The van der Waals surface area contributed by atoms with Crippen LogP contribution in [0.2, 0.25) is 0 Å². The Morgan fingerprint density at radius 3 is 2.59 bits per heavy atom. The lowest BCUT2D eigenvalue weighted by molar-refractivity contribution is 0.0949. The van der Waals surface area contributed by atoms with Gasteiger partial charge >= 0.3 is 0 Å². The molecule has 0 aliphatic carbocycles. The minimum absolute atomic E-state index is 0.0312. The molecule has 164 valence electrons. The standard InChI is InChI=1S/C23H22N4O4S/c1-32(30,31)12-11-26-9-10-27-21-18(3-2-4-20(21)26)13-19(23(27)29)22(28)25-15-17-7-5-16(14-24)6-8-17/h2-8,13H,9-12,15H2,1H3,(H,25,28). The van der Waals surface area contributed by atoms with E-state index < -0.39 is 15.7 Å². The molecule has 3 aromatic rings. The van der Waals surface area contributed by atoms with Crippen LogP contribution in [0.5, 0.6) is 0 Å². The van der Waals surface area contributed by atoms with Gasteiger partial charge in [-0.1, -0.05) is 24.3 Å². The van der Waals surface area contributed by atoms with Crippen LogP contribution < -0.4 is 15.8 Å². The van der Waals surface area contributed by atoms with Crippen LogP contribution in [-0.2, 0) is 22.9 Å². The molecule has 8 nitrogen and oxygen atoms in total. The van der Waals surface area contributed by atoms with Gasteiger partial charge in [0.25, 0.3) is 11.5 Å². The molecule has 1 amide bonds. The Labute approximate surface area is 185 Å². The molecule has 32 heavy (non-hydrogen) atoms. The third-order valence-electron chi connectivity index (χ3n) is 5.54. The van der Waals surface area contributed by atoms with Crippen molar-refractivity contribution in [2.24, 2.45) is 0 Å². The number of rotatable bonds is 6. The maximum absolute atomic E-state index is 13.1. The van der Waals surface area contributed by atoms with E-state index in [2.05, 4.69) is 5.32 Å². The minimum atomic E-state index is -3.11. The van der Waals surface area contributed by atoms with Gasteiger partial charge in [-0.15, -0.1) is 0 Å². The zero-order valence-corrected chi connectivity index (χ0v) is 18.4. The van der Waals surface area contributed by atoms with Crippen molar-refractivity contribution >= 4 is 32.3 Å². The van der Waals surface area contributed by atoms with Gasteiger partial charge in [0.1, 0.15) is 15.4 Å². The number of pyridine rings is 1. The molecule has 0 atom stereocenters. The largest absolute Gasteiger partial charge is 0.367 e. The number of carbonyl (C=O) groups is 1. The zero-order chi connectivity index (χ0) is 22.9. The first-order valence-electron chi connectivity index (χ1n) is 10.1. The van der Waals surface area contributed by atoms with Crippen LogP contribution in [0.3, 0.4) is 0 Å². The highest BCUT2D eigenvalue weighted by Crippen LogP contribution is 2.29. The predicted molar refractivity (Wildman–Crippen MR) is 122 cm³/mol. The number of nitrogens with one attached hydrogen (secondary N) is 1. The first-order chi connectivity index (χ1) is 15.3. The van der Waals surface area contributed by atoms with Crippen molar-refractivity contribution in [1.29, 1.82) is 5.26 Å². The Morgan fingerprint density at radius 2 is 1.91 bits per heavy atom. The molecular formula is C23H22N4O4S. The average Bonchev–Trinajstić information content (AvgIpc) is 2.78. The Hall–Kier alpha value is -3.64. The highest BCUT2D eigenvalue weighted by molar-refractivity contribution is 7.90. The number of anilines is 1. The van der Waals surface area contributed by atoms with Crippen LogP contribution in [0.25, 0.3) is 10.9 Å². The Bertz CT molecular complexity index is 1400. The van der Waals surface area contributed by atoms with E-state index in [9.17, 15) is 18.0 Å². The molecular weight excluding hydrogens is 428 g/mol. The van der Waals surface area contributed by atoms with Crippen LogP contribution in [-0.4, -0.2) is 44.0 Å². The van der Waals surface area contributed by atoms with Gasteiger partial charge < -0.3 is 14.8 Å². The van der Waals surface area contributed by atoms with Gasteiger partial charge in [-0.3, -0.25) is 9.59 Å². The number of hydrogen-bond donors (Lipinski definition) is 1. The first-order valence-corrected chi connectivity index (χ1v) is 12.2. The molecule has 0 unspecified atom stereocenters. The minimum Gasteiger partial charge on any atom is -0.367 e. The zero-order valence-electron chi connectivity index (χ0n) is 17.5. The van der Waals surface area contributed by atoms with Crippen molar-refractivity contribution in [1.82, 2.24) is 9.88 Å². The summed E-state index contributed by atoms with van der Waals surface area (Å²) in [5, 5.41) is 12.4. The molecule has 0 saturated carbocycles. The number of amides is 1. The topological polar surface area (TPSA) is 112 Å². The van der Waals surface area contributed by atoms with E-state index in [4.69, 9.17) is 5.26 Å². The summed E-state index contributed by atoms with van der Waals surface area (Å²) in [6, 6.07) is 16.0. The number of para-hydroxylation sites is 1. The number of benzene rings is 2. The summed E-state index contributed by atoms with van der Waals surface area (Å²) in [6.07, 6.45) is 1.21. The van der Waals surface area contributed by atoms with Gasteiger partial charge in [-0.05, 0) is 29.8 Å². The number of nitrogens with zero attached hydrogens (tertiary/aromatic N) is 3. The number of hydrogen-bond acceptors (Lipinski definition) is 6. The number of aromatic nitrogens is 1. The fourth-order valence-electron chi connectivity index (χ4n) is 3.88. The van der Waals surface area contributed by atoms with Crippen LogP contribution in [0, 0.1) is 11.3 Å². The first kappa shape index (κ1) is 21.6. The lowest BCUT2D eigenvalue weighted by Crippen LogP contribution is -2.41. The maximum atomic E-state index is 13.1. The summed E-state index contributed by atoms with van der Waals surface area (Å²) in [7, 11) is -3.11. The third-order valence-corrected chi connectivity index (χ3v) is 6.46. The van der Waals surface area contributed by atoms with Crippen LogP contribution in [0.1, 0.15) is 21.5 Å². The Kier molecular flexibility index (Phi) is 5.72. The van der Waals surface area contributed by atoms with E-state index in [1.54, 1.807) is 34.9 Å². The molecule has 0 spiro atoms. The Balaban J connectivity index is 1.62. The van der Waals surface area contributed by atoms with E-state index in [1.165, 1.54) is 6.26 Å². The van der Waals surface area contributed by atoms with E-state index in [0.717, 1.165) is 16.6 Å². The monoisotopic (exact) mass is 450 g/mol. The van der Waals surface area contributed by atoms with E-state index in [0.29, 0.717) is 30.7 Å². The summed E-state index contributed by atoms with van der Waals surface area (Å²) < 4.78 is 24.8. The van der Waals surface area contributed by atoms with Crippen molar-refractivity contribution in [3.63, 3.8) is 0 Å². The fraction of sp³-hybridized carbons (Fsp3) is 0.261. The van der Waals surface area contributed by atoms with Crippen LogP contribution in [0.4, 0.5) is 5.69 Å². The van der Waals surface area contributed by atoms with Crippen LogP contribution in [0.15, 0.2) is 53.3 Å². The third kappa shape index (κ3) is 4.36. The molecule has 1 aromatic heterocycles. The quantitative estimate of drug-likeness (QED) is 0.611. The highest BCUT2D eigenvalue weighted by Gasteiger charge is 2.23. The Morgan fingerprint density at radius 1 is 1.16 bits per heavy atom. The molecule has 1 aliphatic heterocycles. The predicted octanol–water partition coefficient (Wildman–Crippen LogP) is 1.67. The number of nitriles is 1. The number of sulfone groups is 1. The van der Waals surface area contributed by atoms with Gasteiger partial charge in [0.05, 0.1) is 28.6 Å². The molecule has 1 aliphatic rings. The van der Waals surface area contributed by atoms with E-state index in [1.807, 2.05) is 29.2 Å². The molecule has 2 heterocycles. The summed E-state index contributed by atoms with van der Waals surface area (Å²) in [5.74, 6) is -0.432. The maximum Gasteiger partial charge on any atom is 0.264 e. The molecule has 2 aromatic carbocycles. The number of carbonyl (C=O) groups excluding carboxylic acids is 1. The summed E-state index contributed by atoms with van der Waals surface area (Å²) in [6.45, 7) is 1.44. The van der Waals surface area contributed by atoms with Crippen LogP contribution >= 0.6 is 0 Å². The van der Waals surface area contributed by atoms with Gasteiger partial charge in [0.15, 0.2) is 0 Å². The molecule has 4 rings (SSSR count). The van der Waals surface area contributed by atoms with Gasteiger partial charge in [-0.2, -0.15) is 5.26 Å². The molecule has 9 heteroatoms. The molecule has 1 N–H and O–H groups in total. The normalized spacial score (nSPS) is 13.1. The summed E-state index contributed by atoms with van der Waals surface area (Å²) in [4.78, 5) is 27.9. The van der Waals surface area contributed by atoms with Crippen molar-refractivity contribution < 1.29 is 13.2 Å². The van der Waals surface area contributed by atoms with Crippen molar-refractivity contribution in [3.05, 3.63) is 75.6 Å².